The van der Waals surface area contributed by atoms with E-state index in [1.807, 2.05) is 25.1 Å². The predicted molar refractivity (Wildman–Crippen MR) is 94.0 cm³/mol. The van der Waals surface area contributed by atoms with Gasteiger partial charge in [-0.1, -0.05) is 12.1 Å². The summed E-state index contributed by atoms with van der Waals surface area (Å²) in [7, 11) is 1.60. The van der Waals surface area contributed by atoms with E-state index in [4.69, 9.17) is 9.15 Å². The molecule has 5 heteroatoms. The zero-order valence-corrected chi connectivity index (χ0v) is 14.3. The first-order chi connectivity index (χ1) is 12.1. The molecule has 0 atom stereocenters. The number of carbonyl (C=O) groups is 1. The zero-order valence-electron chi connectivity index (χ0n) is 14.3. The monoisotopic (exact) mass is 341 g/mol. The number of hydrogen-bond donors (Lipinski definition) is 0. The molecule has 1 heterocycles. The van der Waals surface area contributed by atoms with Crippen LogP contribution in [-0.2, 0) is 17.8 Å². The molecule has 0 N–H and O–H groups in total. The molecule has 1 aromatic heterocycles. The summed E-state index contributed by atoms with van der Waals surface area (Å²) in [5.74, 6) is 0.391. The maximum atomic E-state index is 13.3. The normalized spacial score (nSPS) is 10.8. The molecule has 0 aliphatic heterocycles. The zero-order chi connectivity index (χ0) is 17.8. The Hall–Kier alpha value is -2.82. The predicted octanol–water partition coefficient (Wildman–Crippen LogP) is 4.17. The van der Waals surface area contributed by atoms with Crippen LogP contribution in [0.3, 0.4) is 0 Å². The highest BCUT2D eigenvalue weighted by atomic mass is 19.1. The van der Waals surface area contributed by atoms with Crippen LogP contribution in [0.1, 0.15) is 18.1 Å². The number of methoxy groups -OCH3 is 1. The summed E-state index contributed by atoms with van der Waals surface area (Å²) in [6, 6.07) is 11.9. The summed E-state index contributed by atoms with van der Waals surface area (Å²) in [6.45, 7) is 2.85. The lowest BCUT2D eigenvalue weighted by Crippen LogP contribution is -2.31. The van der Waals surface area contributed by atoms with Gasteiger partial charge in [-0.2, -0.15) is 0 Å². The fourth-order valence-electron chi connectivity index (χ4n) is 2.83. The van der Waals surface area contributed by atoms with Gasteiger partial charge < -0.3 is 14.1 Å². The van der Waals surface area contributed by atoms with E-state index in [1.54, 1.807) is 30.4 Å². The van der Waals surface area contributed by atoms with E-state index in [9.17, 15) is 9.18 Å². The first-order valence-corrected chi connectivity index (χ1v) is 8.17. The summed E-state index contributed by atoms with van der Waals surface area (Å²) in [5, 5.41) is 0.899. The van der Waals surface area contributed by atoms with E-state index >= 15 is 0 Å². The number of nitrogens with zero attached hydrogens (tertiary/aromatic N) is 1. The summed E-state index contributed by atoms with van der Waals surface area (Å²) in [4.78, 5) is 14.4. The number of hydrogen-bond acceptors (Lipinski definition) is 3. The van der Waals surface area contributed by atoms with Crippen LogP contribution in [-0.4, -0.2) is 24.5 Å². The average molecular weight is 341 g/mol. The van der Waals surface area contributed by atoms with E-state index in [0.29, 0.717) is 24.4 Å². The molecular weight excluding hydrogens is 321 g/mol. The van der Waals surface area contributed by atoms with Gasteiger partial charge in [-0.15, -0.1) is 0 Å². The molecule has 2 aromatic carbocycles. The summed E-state index contributed by atoms with van der Waals surface area (Å²) < 4.78 is 24.1. The lowest BCUT2D eigenvalue weighted by atomic mass is 10.1. The number of ether oxygens (including phenoxy) is 1. The second-order valence-corrected chi connectivity index (χ2v) is 5.84. The van der Waals surface area contributed by atoms with Gasteiger partial charge in [-0.3, -0.25) is 4.79 Å². The Kier molecular flexibility index (Phi) is 5.03. The van der Waals surface area contributed by atoms with Crippen LogP contribution < -0.4 is 4.74 Å². The molecule has 0 saturated carbocycles. The fourth-order valence-corrected chi connectivity index (χ4v) is 2.83. The van der Waals surface area contributed by atoms with Gasteiger partial charge in [-0.25, -0.2) is 4.39 Å². The van der Waals surface area contributed by atoms with E-state index in [2.05, 4.69) is 0 Å². The molecule has 3 aromatic rings. The Morgan fingerprint density at radius 3 is 2.80 bits per heavy atom. The Morgan fingerprint density at radius 2 is 2.08 bits per heavy atom. The molecule has 1 amide bonds. The minimum Gasteiger partial charge on any atom is -0.497 e. The largest absolute Gasteiger partial charge is 0.497 e. The third-order valence-corrected chi connectivity index (χ3v) is 4.20. The van der Waals surface area contributed by atoms with Crippen LogP contribution in [0, 0.1) is 5.82 Å². The van der Waals surface area contributed by atoms with Crippen LogP contribution in [0.15, 0.2) is 53.1 Å². The number of furan rings is 1. The highest BCUT2D eigenvalue weighted by Gasteiger charge is 2.16. The van der Waals surface area contributed by atoms with Crippen molar-refractivity contribution in [1.29, 1.82) is 0 Å². The van der Waals surface area contributed by atoms with Crippen molar-refractivity contribution in [2.24, 2.45) is 0 Å². The Bertz CT molecular complexity index is 888. The molecular formula is C20H20FNO3. The van der Waals surface area contributed by atoms with Gasteiger partial charge in [0.2, 0.25) is 5.91 Å². The number of carbonyl (C=O) groups excluding carboxylic acids is 1. The van der Waals surface area contributed by atoms with Gasteiger partial charge in [0.15, 0.2) is 0 Å². The molecule has 4 nitrogen and oxygen atoms in total. The number of rotatable bonds is 6. The molecule has 0 saturated heterocycles. The maximum absolute atomic E-state index is 13.3. The summed E-state index contributed by atoms with van der Waals surface area (Å²) >= 11 is 0. The van der Waals surface area contributed by atoms with Crippen LogP contribution in [0.4, 0.5) is 4.39 Å². The molecule has 0 aliphatic carbocycles. The molecule has 0 aliphatic rings. The van der Waals surface area contributed by atoms with Crippen molar-refractivity contribution in [3.63, 3.8) is 0 Å². The van der Waals surface area contributed by atoms with E-state index in [0.717, 1.165) is 16.5 Å². The topological polar surface area (TPSA) is 42.7 Å². The number of benzene rings is 2. The highest BCUT2D eigenvalue weighted by molar-refractivity contribution is 5.88. The Labute approximate surface area is 145 Å². The van der Waals surface area contributed by atoms with E-state index in [-0.39, 0.29) is 18.1 Å². The van der Waals surface area contributed by atoms with Crippen molar-refractivity contribution in [2.75, 3.05) is 13.7 Å². The van der Waals surface area contributed by atoms with Gasteiger partial charge in [-0.05, 0) is 36.8 Å². The lowest BCUT2D eigenvalue weighted by molar-refractivity contribution is -0.130. The molecule has 0 unspecified atom stereocenters. The van der Waals surface area contributed by atoms with Crippen LogP contribution in [0.5, 0.6) is 5.75 Å². The average Bonchev–Trinajstić information content (AvgIpc) is 3.01. The highest BCUT2D eigenvalue weighted by Crippen LogP contribution is 2.26. The van der Waals surface area contributed by atoms with Crippen molar-refractivity contribution in [3.8, 4) is 5.75 Å². The molecule has 0 fully saturated rings. The Morgan fingerprint density at radius 1 is 1.24 bits per heavy atom. The standard InChI is InChI=1S/C20H20FNO3/c1-3-22(12-14-5-4-6-16(21)9-14)20(23)10-15-13-25-19-11-17(24-2)7-8-18(15)19/h4-9,11,13H,3,10,12H2,1-2H3. The first-order valence-electron chi connectivity index (χ1n) is 8.17. The minimum atomic E-state index is -0.296. The maximum Gasteiger partial charge on any atom is 0.227 e. The van der Waals surface area contributed by atoms with Crippen molar-refractivity contribution in [3.05, 3.63) is 65.7 Å². The van der Waals surface area contributed by atoms with Crippen molar-refractivity contribution in [2.45, 2.75) is 19.9 Å². The number of fused-ring (bicyclic) bond motifs is 1. The third-order valence-electron chi connectivity index (χ3n) is 4.20. The lowest BCUT2D eigenvalue weighted by Gasteiger charge is -2.21. The van der Waals surface area contributed by atoms with Gasteiger partial charge in [0, 0.05) is 30.1 Å². The molecule has 0 radical (unpaired) electrons. The Balaban J connectivity index is 1.76. The van der Waals surface area contributed by atoms with Gasteiger partial charge in [0.05, 0.1) is 19.8 Å². The van der Waals surface area contributed by atoms with Crippen molar-refractivity contribution >= 4 is 16.9 Å². The summed E-state index contributed by atoms with van der Waals surface area (Å²) in [5.41, 5.74) is 2.30. The van der Waals surface area contributed by atoms with Gasteiger partial charge >= 0.3 is 0 Å². The molecule has 0 spiro atoms. The first kappa shape index (κ1) is 17.0. The van der Waals surface area contributed by atoms with E-state index in [1.165, 1.54) is 12.1 Å². The molecule has 3 rings (SSSR count). The van der Waals surface area contributed by atoms with Crippen LogP contribution in [0.2, 0.25) is 0 Å². The van der Waals surface area contributed by atoms with E-state index < -0.39 is 0 Å². The minimum absolute atomic E-state index is 0.0229. The second kappa shape index (κ2) is 7.38. The van der Waals surface area contributed by atoms with Crippen molar-refractivity contribution in [1.82, 2.24) is 4.90 Å². The smallest absolute Gasteiger partial charge is 0.227 e. The van der Waals surface area contributed by atoms with Crippen molar-refractivity contribution < 1.29 is 18.3 Å². The number of halogens is 1. The fraction of sp³-hybridized carbons (Fsp3) is 0.250. The number of likely N-dealkylation sites (N-methyl/N-ethyl adjacent to an activating group) is 1. The SMILES string of the molecule is CCN(Cc1cccc(F)c1)C(=O)Cc1coc2cc(OC)ccc12. The van der Waals surface area contributed by atoms with Crippen LogP contribution >= 0.6 is 0 Å². The van der Waals surface area contributed by atoms with Gasteiger partial charge in [0.25, 0.3) is 0 Å². The molecule has 25 heavy (non-hydrogen) atoms. The second-order valence-electron chi connectivity index (χ2n) is 5.84. The third kappa shape index (κ3) is 3.82. The quantitative estimate of drug-likeness (QED) is 0.676. The molecule has 0 bridgehead atoms. The van der Waals surface area contributed by atoms with Gasteiger partial charge in [0.1, 0.15) is 17.1 Å². The summed E-state index contributed by atoms with van der Waals surface area (Å²) in [6.07, 6.45) is 1.85. The van der Waals surface area contributed by atoms with Crippen LogP contribution in [0.25, 0.3) is 11.0 Å². The molecule has 130 valence electrons. The number of amides is 1.